The van der Waals surface area contributed by atoms with Crippen LogP contribution in [0.2, 0.25) is 0 Å². The Balaban J connectivity index is 2.83. The van der Waals surface area contributed by atoms with E-state index in [1.807, 2.05) is 0 Å². The average molecular weight is 199 g/mol. The molecular weight excluding hydrogens is 190 g/mol. The van der Waals surface area contributed by atoms with Gasteiger partial charge >= 0.3 is 5.69 Å². The first-order chi connectivity index (χ1) is 6.65. The molecule has 0 bridgehead atoms. The normalized spacial score (nSPS) is 9.79. The van der Waals surface area contributed by atoms with Crippen LogP contribution >= 0.6 is 0 Å². The first-order valence-electron chi connectivity index (χ1n) is 3.76. The summed E-state index contributed by atoms with van der Waals surface area (Å²) in [5.41, 5.74) is 4.97. The summed E-state index contributed by atoms with van der Waals surface area (Å²) in [4.78, 5) is 16.9. The topological polar surface area (TPSA) is 127 Å². The highest BCUT2D eigenvalue weighted by atomic mass is 16.6. The molecule has 0 fully saturated rings. The van der Waals surface area contributed by atoms with Crippen molar-refractivity contribution in [3.63, 3.8) is 0 Å². The van der Waals surface area contributed by atoms with Crippen LogP contribution in [-0.2, 0) is 0 Å². The van der Waals surface area contributed by atoms with Gasteiger partial charge in [-0.1, -0.05) is 0 Å². The summed E-state index contributed by atoms with van der Waals surface area (Å²) in [6.45, 7) is 0.178. The largest absolute Gasteiger partial charge is 0.395 e. The number of aliphatic hydroxyl groups excluding tert-OH is 1. The molecule has 0 radical (unpaired) electrons. The Morgan fingerprint density at radius 3 is 2.93 bits per heavy atom. The predicted molar refractivity (Wildman–Crippen MR) is 48.7 cm³/mol. The highest BCUT2D eigenvalue weighted by Crippen LogP contribution is 2.17. The van der Waals surface area contributed by atoms with E-state index in [-0.39, 0.29) is 30.6 Å². The standard InChI is InChI=1S/C6H9N5O3/c7-5-4(11(13)14)3-9-6(10-5)8-1-2-12/h3,12H,1-2H2,(H3,7,8,9,10). The molecule has 0 unspecified atom stereocenters. The maximum Gasteiger partial charge on any atom is 0.329 e. The van der Waals surface area contributed by atoms with Gasteiger partial charge in [0.1, 0.15) is 6.20 Å². The zero-order valence-electron chi connectivity index (χ0n) is 7.17. The van der Waals surface area contributed by atoms with Crippen LogP contribution in [0.15, 0.2) is 6.20 Å². The van der Waals surface area contributed by atoms with E-state index in [1.165, 1.54) is 0 Å². The minimum absolute atomic E-state index is 0.0831. The lowest BCUT2D eigenvalue weighted by atomic mass is 10.5. The van der Waals surface area contributed by atoms with E-state index >= 15 is 0 Å². The first-order valence-corrected chi connectivity index (χ1v) is 3.76. The molecule has 0 amide bonds. The number of nitrogens with two attached hydrogens (primary N) is 1. The van der Waals surface area contributed by atoms with Crippen molar-refractivity contribution < 1.29 is 10.0 Å². The number of nitrogens with one attached hydrogen (secondary N) is 1. The molecule has 4 N–H and O–H groups in total. The first kappa shape index (κ1) is 10.1. The lowest BCUT2D eigenvalue weighted by Crippen LogP contribution is -2.10. The van der Waals surface area contributed by atoms with Crippen molar-refractivity contribution in [1.82, 2.24) is 9.97 Å². The van der Waals surface area contributed by atoms with Gasteiger partial charge < -0.3 is 16.2 Å². The summed E-state index contributed by atoms with van der Waals surface area (Å²) < 4.78 is 0. The van der Waals surface area contributed by atoms with Gasteiger partial charge in [0.15, 0.2) is 0 Å². The Labute approximate surface area is 78.9 Å². The van der Waals surface area contributed by atoms with Crippen LogP contribution in [0.25, 0.3) is 0 Å². The number of hydrogen-bond donors (Lipinski definition) is 3. The zero-order valence-corrected chi connectivity index (χ0v) is 7.17. The SMILES string of the molecule is Nc1nc(NCCO)ncc1[N+](=O)[O-]. The minimum Gasteiger partial charge on any atom is -0.395 e. The predicted octanol–water partition coefficient (Wildman–Crippen LogP) is -0.629. The lowest BCUT2D eigenvalue weighted by Gasteiger charge is -2.02. The summed E-state index contributed by atoms with van der Waals surface area (Å²) in [7, 11) is 0. The maximum absolute atomic E-state index is 10.3. The number of nitrogens with zero attached hydrogens (tertiary/aromatic N) is 3. The van der Waals surface area contributed by atoms with Crippen LogP contribution in [0, 0.1) is 10.1 Å². The Kier molecular flexibility index (Phi) is 3.13. The quantitative estimate of drug-likeness (QED) is 0.435. The molecule has 8 heteroatoms. The molecule has 0 aromatic carbocycles. The Morgan fingerprint density at radius 2 is 2.43 bits per heavy atom. The number of nitro groups is 1. The van der Waals surface area contributed by atoms with Crippen LogP contribution in [-0.4, -0.2) is 33.1 Å². The second-order valence-electron chi connectivity index (χ2n) is 2.37. The van der Waals surface area contributed by atoms with Gasteiger partial charge in [-0.2, -0.15) is 4.98 Å². The lowest BCUT2D eigenvalue weighted by molar-refractivity contribution is -0.384. The van der Waals surface area contributed by atoms with Gasteiger partial charge in [0.2, 0.25) is 11.8 Å². The number of hydrogen-bond acceptors (Lipinski definition) is 7. The summed E-state index contributed by atoms with van der Waals surface area (Å²) in [5.74, 6) is -0.0485. The van der Waals surface area contributed by atoms with E-state index in [0.29, 0.717) is 0 Å². The Morgan fingerprint density at radius 1 is 1.71 bits per heavy atom. The van der Waals surface area contributed by atoms with E-state index in [2.05, 4.69) is 15.3 Å². The number of aliphatic hydroxyl groups is 1. The molecule has 0 spiro atoms. The van der Waals surface area contributed by atoms with Gasteiger partial charge in [-0.15, -0.1) is 0 Å². The third-order valence-corrected chi connectivity index (χ3v) is 1.39. The molecule has 0 aliphatic heterocycles. The van der Waals surface area contributed by atoms with Crippen LogP contribution in [0.3, 0.4) is 0 Å². The third kappa shape index (κ3) is 2.26. The molecule has 0 atom stereocenters. The van der Waals surface area contributed by atoms with Gasteiger partial charge in [0.25, 0.3) is 0 Å². The van der Waals surface area contributed by atoms with Crippen LogP contribution in [0.1, 0.15) is 0 Å². The molecule has 14 heavy (non-hydrogen) atoms. The van der Waals surface area contributed by atoms with Crippen molar-refractivity contribution in [2.45, 2.75) is 0 Å². The second kappa shape index (κ2) is 4.33. The minimum atomic E-state index is -0.662. The summed E-state index contributed by atoms with van der Waals surface area (Å²) >= 11 is 0. The van der Waals surface area contributed by atoms with Gasteiger partial charge in [-0.3, -0.25) is 10.1 Å². The highest BCUT2D eigenvalue weighted by molar-refractivity contribution is 5.53. The highest BCUT2D eigenvalue weighted by Gasteiger charge is 2.13. The third-order valence-electron chi connectivity index (χ3n) is 1.39. The maximum atomic E-state index is 10.3. The smallest absolute Gasteiger partial charge is 0.329 e. The second-order valence-corrected chi connectivity index (χ2v) is 2.37. The molecular formula is C6H9N5O3. The van der Waals surface area contributed by atoms with E-state index in [1.54, 1.807) is 0 Å². The van der Waals surface area contributed by atoms with Gasteiger partial charge in [0, 0.05) is 6.54 Å². The molecule has 0 aliphatic carbocycles. The zero-order chi connectivity index (χ0) is 10.6. The average Bonchev–Trinajstić information content (AvgIpc) is 2.14. The number of anilines is 2. The molecule has 0 aliphatic rings. The van der Waals surface area contributed by atoms with E-state index in [4.69, 9.17) is 10.8 Å². The van der Waals surface area contributed by atoms with E-state index in [9.17, 15) is 10.1 Å². The monoisotopic (exact) mass is 199 g/mol. The Hall–Kier alpha value is -1.96. The van der Waals surface area contributed by atoms with Crippen molar-refractivity contribution in [3.8, 4) is 0 Å². The Bertz CT molecular complexity index is 342. The van der Waals surface area contributed by atoms with Gasteiger partial charge in [-0.05, 0) is 0 Å². The van der Waals surface area contributed by atoms with E-state index < -0.39 is 4.92 Å². The number of aromatic nitrogens is 2. The fraction of sp³-hybridized carbons (Fsp3) is 0.333. The molecule has 1 heterocycles. The van der Waals surface area contributed by atoms with Crippen molar-refractivity contribution in [3.05, 3.63) is 16.3 Å². The van der Waals surface area contributed by atoms with Crippen molar-refractivity contribution in [2.75, 3.05) is 24.2 Å². The molecule has 76 valence electrons. The molecule has 1 rings (SSSR count). The molecule has 0 saturated heterocycles. The van der Waals surface area contributed by atoms with Crippen LogP contribution in [0.5, 0.6) is 0 Å². The number of nitrogen functional groups attached to an aromatic ring is 1. The van der Waals surface area contributed by atoms with Gasteiger partial charge in [0.05, 0.1) is 11.5 Å². The van der Waals surface area contributed by atoms with Gasteiger partial charge in [-0.25, -0.2) is 4.98 Å². The molecule has 1 aromatic heterocycles. The summed E-state index contributed by atoms with van der Waals surface area (Å²) in [6.07, 6.45) is 1.02. The summed E-state index contributed by atoms with van der Waals surface area (Å²) in [6, 6.07) is 0. The van der Waals surface area contributed by atoms with Crippen LogP contribution in [0.4, 0.5) is 17.5 Å². The van der Waals surface area contributed by atoms with Crippen molar-refractivity contribution in [1.29, 1.82) is 0 Å². The fourth-order valence-corrected chi connectivity index (χ4v) is 0.782. The molecule has 0 saturated carbocycles. The fourth-order valence-electron chi connectivity index (χ4n) is 0.782. The number of rotatable bonds is 4. The van der Waals surface area contributed by atoms with Crippen LogP contribution < -0.4 is 11.1 Å². The van der Waals surface area contributed by atoms with E-state index in [0.717, 1.165) is 6.20 Å². The summed E-state index contributed by atoms with van der Waals surface area (Å²) in [5, 5.41) is 21.4. The van der Waals surface area contributed by atoms with Crippen molar-refractivity contribution in [2.24, 2.45) is 0 Å². The van der Waals surface area contributed by atoms with Crippen molar-refractivity contribution >= 4 is 17.5 Å². The molecule has 1 aromatic rings. The molecule has 8 nitrogen and oxygen atoms in total.